The highest BCUT2D eigenvalue weighted by Gasteiger charge is 2.16. The number of aromatic nitrogens is 2. The van der Waals surface area contributed by atoms with Gasteiger partial charge in [0.05, 0.1) is 6.04 Å². The Morgan fingerprint density at radius 3 is 2.26 bits per heavy atom. The van der Waals surface area contributed by atoms with Gasteiger partial charge in [-0.2, -0.15) is 0 Å². The molecule has 19 heavy (non-hydrogen) atoms. The predicted molar refractivity (Wildman–Crippen MR) is 80.4 cm³/mol. The number of aryl methyl sites for hydroxylation is 3. The lowest BCUT2D eigenvalue weighted by Gasteiger charge is -2.23. The summed E-state index contributed by atoms with van der Waals surface area (Å²) in [5.74, 6) is 0. The first kappa shape index (κ1) is 14.2. The fourth-order valence-electron chi connectivity index (χ4n) is 2.25. The Morgan fingerprint density at radius 1 is 1.11 bits per heavy atom. The molecule has 1 aromatic carbocycles. The first-order valence-electron chi connectivity index (χ1n) is 6.53. The van der Waals surface area contributed by atoms with Crippen molar-refractivity contribution >= 4 is 11.3 Å². The predicted octanol–water partition coefficient (Wildman–Crippen LogP) is 3.66. The molecular formula is C15H21N3S. The summed E-state index contributed by atoms with van der Waals surface area (Å²) in [5.41, 5.74) is 4.00. The van der Waals surface area contributed by atoms with Crippen LogP contribution in [0.5, 0.6) is 0 Å². The van der Waals surface area contributed by atoms with Crippen LogP contribution in [0.25, 0.3) is 0 Å². The van der Waals surface area contributed by atoms with Crippen LogP contribution < -0.4 is 0 Å². The van der Waals surface area contributed by atoms with Gasteiger partial charge < -0.3 is 0 Å². The standard InChI is InChI=1S/C15H21N3S/c1-10-6-11(2)8-14(7-10)9-18(5)12(3)15-17-16-13(4)19-15/h6-8,12H,9H2,1-5H3. The normalized spacial score (nSPS) is 12.9. The molecule has 1 unspecified atom stereocenters. The van der Waals surface area contributed by atoms with Crippen molar-refractivity contribution in [2.45, 2.75) is 40.3 Å². The van der Waals surface area contributed by atoms with Crippen molar-refractivity contribution in [2.75, 3.05) is 7.05 Å². The Morgan fingerprint density at radius 2 is 1.74 bits per heavy atom. The van der Waals surface area contributed by atoms with Crippen LogP contribution in [0.2, 0.25) is 0 Å². The fraction of sp³-hybridized carbons (Fsp3) is 0.467. The Balaban J connectivity index is 2.10. The summed E-state index contributed by atoms with van der Waals surface area (Å²) in [5, 5.41) is 10.5. The molecular weight excluding hydrogens is 254 g/mol. The van der Waals surface area contributed by atoms with Gasteiger partial charge in [0.15, 0.2) is 0 Å². The smallest absolute Gasteiger partial charge is 0.134 e. The molecule has 1 aromatic heterocycles. The van der Waals surface area contributed by atoms with E-state index in [9.17, 15) is 0 Å². The van der Waals surface area contributed by atoms with Gasteiger partial charge in [0.25, 0.3) is 0 Å². The highest BCUT2D eigenvalue weighted by Crippen LogP contribution is 2.23. The van der Waals surface area contributed by atoms with Crippen molar-refractivity contribution in [1.29, 1.82) is 0 Å². The molecule has 0 aliphatic carbocycles. The number of nitrogens with zero attached hydrogens (tertiary/aromatic N) is 3. The molecule has 0 radical (unpaired) electrons. The van der Waals surface area contributed by atoms with Crippen LogP contribution in [0, 0.1) is 20.8 Å². The maximum Gasteiger partial charge on any atom is 0.134 e. The van der Waals surface area contributed by atoms with Crippen LogP contribution >= 0.6 is 11.3 Å². The van der Waals surface area contributed by atoms with Crippen LogP contribution in [0.1, 0.15) is 39.7 Å². The van der Waals surface area contributed by atoms with Crippen molar-refractivity contribution in [2.24, 2.45) is 0 Å². The Labute approximate surface area is 119 Å². The van der Waals surface area contributed by atoms with Crippen molar-refractivity contribution in [1.82, 2.24) is 15.1 Å². The van der Waals surface area contributed by atoms with Crippen molar-refractivity contribution in [3.63, 3.8) is 0 Å². The molecule has 2 aromatic rings. The molecule has 0 aliphatic heterocycles. The van der Waals surface area contributed by atoms with E-state index in [1.54, 1.807) is 11.3 Å². The van der Waals surface area contributed by atoms with Crippen LogP contribution in [-0.2, 0) is 6.54 Å². The highest BCUT2D eigenvalue weighted by atomic mass is 32.1. The second-order valence-corrected chi connectivity index (χ2v) is 6.46. The van der Waals surface area contributed by atoms with Gasteiger partial charge in [-0.15, -0.1) is 21.5 Å². The summed E-state index contributed by atoms with van der Waals surface area (Å²) >= 11 is 1.68. The van der Waals surface area contributed by atoms with E-state index >= 15 is 0 Å². The second kappa shape index (κ2) is 5.80. The minimum atomic E-state index is 0.298. The maximum absolute atomic E-state index is 4.24. The van der Waals surface area contributed by atoms with Crippen molar-refractivity contribution in [3.8, 4) is 0 Å². The first-order valence-corrected chi connectivity index (χ1v) is 7.35. The Bertz CT molecular complexity index is 542. The quantitative estimate of drug-likeness (QED) is 0.852. The lowest BCUT2D eigenvalue weighted by atomic mass is 10.1. The molecule has 0 aliphatic rings. The van der Waals surface area contributed by atoms with E-state index in [0.717, 1.165) is 16.6 Å². The summed E-state index contributed by atoms with van der Waals surface area (Å²) in [6.07, 6.45) is 0. The summed E-state index contributed by atoms with van der Waals surface area (Å²) in [6, 6.07) is 7.01. The molecule has 0 amide bonds. The van der Waals surface area contributed by atoms with Gasteiger partial charge in [0.2, 0.25) is 0 Å². The monoisotopic (exact) mass is 275 g/mol. The molecule has 0 bridgehead atoms. The third kappa shape index (κ3) is 3.61. The van der Waals surface area contributed by atoms with Crippen LogP contribution in [0.3, 0.4) is 0 Å². The van der Waals surface area contributed by atoms with E-state index in [1.165, 1.54) is 16.7 Å². The van der Waals surface area contributed by atoms with Crippen molar-refractivity contribution in [3.05, 3.63) is 44.9 Å². The maximum atomic E-state index is 4.24. The molecule has 0 saturated carbocycles. The summed E-state index contributed by atoms with van der Waals surface area (Å²) < 4.78 is 0. The zero-order chi connectivity index (χ0) is 14.0. The molecule has 0 fully saturated rings. The summed E-state index contributed by atoms with van der Waals surface area (Å²) in [7, 11) is 2.14. The molecule has 102 valence electrons. The van der Waals surface area contributed by atoms with E-state index in [2.05, 4.69) is 61.1 Å². The minimum absolute atomic E-state index is 0.298. The lowest BCUT2D eigenvalue weighted by Crippen LogP contribution is -2.22. The first-order chi connectivity index (χ1) is 8.95. The minimum Gasteiger partial charge on any atom is -0.293 e. The molecule has 3 nitrogen and oxygen atoms in total. The SMILES string of the molecule is Cc1cc(C)cc(CN(C)C(C)c2nnc(C)s2)c1. The molecule has 1 heterocycles. The fourth-order valence-corrected chi connectivity index (χ4v) is 3.07. The van der Waals surface area contributed by atoms with E-state index in [-0.39, 0.29) is 0 Å². The van der Waals surface area contributed by atoms with E-state index in [0.29, 0.717) is 6.04 Å². The van der Waals surface area contributed by atoms with Crippen molar-refractivity contribution < 1.29 is 0 Å². The molecule has 0 saturated heterocycles. The van der Waals surface area contributed by atoms with Gasteiger partial charge in [-0.05, 0) is 40.3 Å². The van der Waals surface area contributed by atoms with Crippen LogP contribution in [0.15, 0.2) is 18.2 Å². The lowest BCUT2D eigenvalue weighted by molar-refractivity contribution is 0.251. The third-order valence-corrected chi connectivity index (χ3v) is 4.28. The average molecular weight is 275 g/mol. The van der Waals surface area contributed by atoms with Gasteiger partial charge in [-0.25, -0.2) is 0 Å². The topological polar surface area (TPSA) is 29.0 Å². The van der Waals surface area contributed by atoms with Crippen LogP contribution in [-0.4, -0.2) is 22.1 Å². The van der Waals surface area contributed by atoms with Gasteiger partial charge in [0.1, 0.15) is 10.0 Å². The van der Waals surface area contributed by atoms with E-state index in [4.69, 9.17) is 0 Å². The van der Waals surface area contributed by atoms with Gasteiger partial charge in [0, 0.05) is 6.54 Å². The molecule has 0 N–H and O–H groups in total. The Hall–Kier alpha value is -1.26. The second-order valence-electron chi connectivity index (χ2n) is 5.25. The van der Waals surface area contributed by atoms with Gasteiger partial charge in [-0.1, -0.05) is 29.3 Å². The number of rotatable bonds is 4. The van der Waals surface area contributed by atoms with E-state index < -0.39 is 0 Å². The third-order valence-electron chi connectivity index (χ3n) is 3.27. The molecule has 2 rings (SSSR count). The zero-order valence-electron chi connectivity index (χ0n) is 12.3. The largest absolute Gasteiger partial charge is 0.293 e. The summed E-state index contributed by atoms with van der Waals surface area (Å²) in [4.78, 5) is 2.31. The molecule has 4 heteroatoms. The number of hydrogen-bond acceptors (Lipinski definition) is 4. The van der Waals surface area contributed by atoms with Crippen LogP contribution in [0.4, 0.5) is 0 Å². The molecule has 1 atom stereocenters. The number of hydrogen-bond donors (Lipinski definition) is 0. The van der Waals surface area contributed by atoms with E-state index in [1.807, 2.05) is 6.92 Å². The zero-order valence-corrected chi connectivity index (χ0v) is 13.1. The van der Waals surface area contributed by atoms with Gasteiger partial charge in [-0.3, -0.25) is 4.90 Å². The highest BCUT2D eigenvalue weighted by molar-refractivity contribution is 7.11. The average Bonchev–Trinajstić information content (AvgIpc) is 2.73. The summed E-state index contributed by atoms with van der Waals surface area (Å²) in [6.45, 7) is 9.41. The Kier molecular flexibility index (Phi) is 4.32. The molecule has 0 spiro atoms. The number of benzene rings is 1. The van der Waals surface area contributed by atoms with Gasteiger partial charge >= 0.3 is 0 Å².